The van der Waals surface area contributed by atoms with Gasteiger partial charge < -0.3 is 20.5 Å². The van der Waals surface area contributed by atoms with Crippen LogP contribution in [-0.2, 0) is 25.5 Å². The van der Waals surface area contributed by atoms with Crippen molar-refractivity contribution < 1.29 is 20.1 Å². The average Bonchev–Trinajstić information content (AvgIpc) is 3.21. The molecule has 0 saturated heterocycles. The molecule has 200 valence electrons. The molecule has 0 bridgehead atoms. The van der Waals surface area contributed by atoms with Gasteiger partial charge in [0, 0.05) is 23.0 Å². The first-order valence-electron chi connectivity index (χ1n) is 12.8. The molecule has 0 aliphatic carbocycles. The first-order valence-corrected chi connectivity index (χ1v) is 13.7. The van der Waals surface area contributed by atoms with Crippen LogP contribution < -0.4 is 0 Å². The molecule has 0 amide bonds. The van der Waals surface area contributed by atoms with E-state index in [4.69, 9.17) is 10.6 Å². The Hall–Kier alpha value is -1.14. The Morgan fingerprint density at radius 1 is 0.861 bits per heavy atom. The van der Waals surface area contributed by atoms with Gasteiger partial charge in [-0.25, -0.2) is 0 Å². The fraction of sp³-hybridized carbons (Fsp3) is 0.567. The third-order valence-electron chi connectivity index (χ3n) is 5.64. The summed E-state index contributed by atoms with van der Waals surface area (Å²) in [5, 5.41) is 12.8. The van der Waals surface area contributed by atoms with Gasteiger partial charge in [0.1, 0.15) is 0 Å². The molecule has 0 aliphatic rings. The van der Waals surface area contributed by atoms with Crippen LogP contribution in [0.3, 0.4) is 0 Å². The van der Waals surface area contributed by atoms with Gasteiger partial charge in [-0.15, -0.1) is 58.8 Å². The van der Waals surface area contributed by atoms with Gasteiger partial charge in [-0.2, -0.15) is 6.29 Å². The molecule has 3 rings (SSSR count). The van der Waals surface area contributed by atoms with Crippen LogP contribution in [0.1, 0.15) is 81.7 Å². The van der Waals surface area contributed by atoms with Gasteiger partial charge in [-0.05, 0) is 55.6 Å². The Kier molecular flexibility index (Phi) is 13.4. The molecule has 0 saturated carbocycles. The Morgan fingerprint density at radius 3 is 1.89 bits per heavy atom. The second-order valence-corrected chi connectivity index (χ2v) is 12.1. The number of aromatic nitrogens is 1. The molecular weight excluding hydrogens is 641 g/mol. The van der Waals surface area contributed by atoms with Crippen molar-refractivity contribution in [1.82, 2.24) is 9.88 Å². The summed E-state index contributed by atoms with van der Waals surface area (Å²) in [4.78, 5) is 6.88. The monoisotopic (exact) mass is 686 g/mol. The van der Waals surface area contributed by atoms with E-state index in [-0.39, 0.29) is 31.8 Å². The van der Waals surface area contributed by atoms with Crippen molar-refractivity contribution in [1.29, 1.82) is 0 Å². The van der Waals surface area contributed by atoms with Crippen LogP contribution in [-0.4, -0.2) is 40.3 Å². The van der Waals surface area contributed by atoms with Crippen molar-refractivity contribution in [2.45, 2.75) is 112 Å². The largest absolute Gasteiger partial charge is 3.00 e. The molecular formula is C30H45IrN4S. The molecule has 2 aromatic heterocycles. The van der Waals surface area contributed by atoms with Crippen LogP contribution in [0.25, 0.3) is 32.0 Å². The molecule has 0 radical (unpaired) electrons. The number of hydrogen-bond acceptors (Lipinski definition) is 3. The minimum absolute atomic E-state index is 0. The first-order chi connectivity index (χ1) is 16.3. The van der Waals surface area contributed by atoms with Crippen LogP contribution in [0.5, 0.6) is 0 Å². The van der Waals surface area contributed by atoms with Gasteiger partial charge in [-0.3, -0.25) is 0 Å². The van der Waals surface area contributed by atoms with Crippen molar-refractivity contribution >= 4 is 21.4 Å². The van der Waals surface area contributed by atoms with Gasteiger partial charge in [0.25, 0.3) is 0 Å². The van der Waals surface area contributed by atoms with Crippen molar-refractivity contribution in [3.05, 3.63) is 64.2 Å². The number of nitrogens with zero attached hydrogens (tertiary/aromatic N) is 4. The third-order valence-corrected chi connectivity index (χ3v) is 6.52. The Labute approximate surface area is 238 Å². The van der Waals surface area contributed by atoms with Gasteiger partial charge in [0.2, 0.25) is 0 Å². The molecule has 0 atom stereocenters. The summed E-state index contributed by atoms with van der Waals surface area (Å²) in [6.45, 7) is 23.9. The van der Waals surface area contributed by atoms with Crippen LogP contribution in [0, 0.1) is 6.07 Å². The zero-order chi connectivity index (χ0) is 26.3. The second kappa shape index (κ2) is 14.7. The number of pyridine rings is 1. The van der Waals surface area contributed by atoms with Gasteiger partial charge >= 0.3 is 20.1 Å². The molecule has 6 heteroatoms. The summed E-state index contributed by atoms with van der Waals surface area (Å²) in [6, 6.07) is 15.6. The zero-order valence-electron chi connectivity index (χ0n) is 24.0. The molecule has 2 heterocycles. The minimum atomic E-state index is -0.000000000000000444. The van der Waals surface area contributed by atoms with E-state index in [1.54, 1.807) is 11.3 Å². The number of benzene rings is 1. The van der Waals surface area contributed by atoms with Gasteiger partial charge in [0.15, 0.2) is 0 Å². The first kappa shape index (κ1) is 32.9. The SMILES string of the molecule is CC(C)(C)c1c[c-]c(-c2nccc3sccc23)cc1.CC(C)[N-]C([N-]C(C)C)N(C(C)C)C(C)C.[Ir+3]. The molecule has 0 N–H and O–H groups in total. The van der Waals surface area contributed by atoms with Crippen LogP contribution in [0.2, 0.25) is 0 Å². The number of rotatable bonds is 8. The summed E-state index contributed by atoms with van der Waals surface area (Å²) >= 11 is 1.75. The van der Waals surface area contributed by atoms with Gasteiger partial charge in [-0.1, -0.05) is 54.5 Å². The summed E-state index contributed by atoms with van der Waals surface area (Å²) in [6.07, 6.45) is 1.87. The Balaban J connectivity index is 0.000000357. The molecule has 1 aromatic carbocycles. The fourth-order valence-corrected chi connectivity index (χ4v) is 4.79. The van der Waals surface area contributed by atoms with E-state index in [1.807, 2.05) is 6.20 Å². The predicted octanol–water partition coefficient (Wildman–Crippen LogP) is 9.01. The molecule has 0 spiro atoms. The van der Waals surface area contributed by atoms with E-state index >= 15 is 0 Å². The van der Waals surface area contributed by atoms with E-state index in [0.29, 0.717) is 24.2 Å². The van der Waals surface area contributed by atoms with Crippen molar-refractivity contribution in [2.24, 2.45) is 0 Å². The van der Waals surface area contributed by atoms with E-state index < -0.39 is 0 Å². The maximum absolute atomic E-state index is 4.72. The van der Waals surface area contributed by atoms with Crippen molar-refractivity contribution in [3.8, 4) is 11.3 Å². The number of hydrogen-bond donors (Lipinski definition) is 0. The van der Waals surface area contributed by atoms with Crippen LogP contribution in [0.4, 0.5) is 0 Å². The summed E-state index contributed by atoms with van der Waals surface area (Å²) in [5.74, 6) is 0. The average molecular weight is 686 g/mol. The summed E-state index contributed by atoms with van der Waals surface area (Å²) in [5.41, 5.74) is 3.56. The number of thiophene rings is 1. The Morgan fingerprint density at radius 2 is 1.44 bits per heavy atom. The molecule has 3 aromatic rings. The molecule has 0 aliphatic heterocycles. The predicted molar refractivity (Wildman–Crippen MR) is 155 cm³/mol. The normalized spacial score (nSPS) is 12.1. The summed E-state index contributed by atoms with van der Waals surface area (Å²) in [7, 11) is 0. The molecule has 36 heavy (non-hydrogen) atoms. The minimum Gasteiger partial charge on any atom is -0.663 e. The summed E-state index contributed by atoms with van der Waals surface area (Å²) < 4.78 is 1.28. The smallest absolute Gasteiger partial charge is 0.663 e. The van der Waals surface area contributed by atoms with Crippen molar-refractivity contribution in [3.63, 3.8) is 0 Å². The second-order valence-electron chi connectivity index (χ2n) is 11.2. The quantitative estimate of drug-likeness (QED) is 0.222. The molecule has 4 nitrogen and oxygen atoms in total. The van der Waals surface area contributed by atoms with Crippen LogP contribution in [0.15, 0.2) is 41.9 Å². The van der Waals surface area contributed by atoms with Crippen molar-refractivity contribution in [2.75, 3.05) is 0 Å². The standard InChI is InChI=1S/C17H16NS.C13H29N3.Ir/c1-17(2,3)13-6-4-12(5-7-13)16-14-9-11-19-15(14)8-10-18-16;1-9(2)14-13(15-10(3)4)16(11(5)6)12(7)8;/h4,6-11H,1-3H3;9-13H,1-8H3;/q-1;-2;+3. The molecule has 0 fully saturated rings. The molecule has 0 unspecified atom stereocenters. The van der Waals surface area contributed by atoms with Crippen LogP contribution >= 0.6 is 11.3 Å². The van der Waals surface area contributed by atoms with Gasteiger partial charge in [0.05, 0.1) is 0 Å². The topological polar surface area (TPSA) is 44.3 Å². The van der Waals surface area contributed by atoms with E-state index in [1.165, 1.54) is 15.6 Å². The Bertz CT molecular complexity index is 1000. The van der Waals surface area contributed by atoms with E-state index in [9.17, 15) is 0 Å². The zero-order valence-corrected chi connectivity index (χ0v) is 27.2. The third kappa shape index (κ3) is 9.63. The van der Waals surface area contributed by atoms with E-state index in [0.717, 1.165) is 11.3 Å². The number of fused-ring (bicyclic) bond motifs is 1. The maximum Gasteiger partial charge on any atom is 3.00 e. The maximum atomic E-state index is 4.72. The fourth-order valence-electron chi connectivity index (χ4n) is 4.00. The van der Waals surface area contributed by atoms with E-state index in [2.05, 4.69) is 128 Å².